The van der Waals surface area contributed by atoms with Gasteiger partial charge in [0.25, 0.3) is 0 Å². The summed E-state index contributed by atoms with van der Waals surface area (Å²) in [6, 6.07) is 32.0. The van der Waals surface area contributed by atoms with E-state index < -0.39 is 0 Å². The van der Waals surface area contributed by atoms with Crippen molar-refractivity contribution in [2.45, 2.75) is 0 Å². The Morgan fingerprint density at radius 3 is 2.43 bits per heavy atom. The second kappa shape index (κ2) is 6.04. The maximum absolute atomic E-state index is 4.76. The third-order valence-electron chi connectivity index (χ3n) is 5.24. The zero-order chi connectivity index (χ0) is 18.5. The first-order valence-electron chi connectivity index (χ1n) is 9.33. The predicted octanol–water partition coefficient (Wildman–Crippen LogP) is 7.26. The number of thiophene rings is 1. The van der Waals surface area contributed by atoms with E-state index in [2.05, 4.69) is 77.8 Å². The van der Waals surface area contributed by atoms with Crippen LogP contribution in [-0.4, -0.2) is 9.97 Å². The molecule has 0 spiro atoms. The average Bonchev–Trinajstić information content (AvgIpc) is 3.35. The van der Waals surface area contributed by atoms with Crippen molar-refractivity contribution in [3.05, 3.63) is 91.0 Å². The molecule has 3 heteroatoms. The quantitative estimate of drug-likeness (QED) is 0.338. The van der Waals surface area contributed by atoms with E-state index in [4.69, 9.17) is 4.98 Å². The fourth-order valence-electron chi connectivity index (χ4n) is 3.90. The molecule has 132 valence electrons. The Bertz CT molecular complexity index is 1440. The van der Waals surface area contributed by atoms with Crippen LogP contribution in [0.2, 0.25) is 0 Å². The molecule has 0 radical (unpaired) electrons. The molecule has 6 aromatic rings. The fourth-order valence-corrected chi connectivity index (χ4v) is 5.14. The summed E-state index contributed by atoms with van der Waals surface area (Å²) in [5, 5.41) is 2.66. The van der Waals surface area contributed by atoms with Gasteiger partial charge in [-0.05, 0) is 35.4 Å². The van der Waals surface area contributed by atoms with Crippen molar-refractivity contribution in [1.82, 2.24) is 9.97 Å². The SMILES string of the molecule is c1cc(-c2nc3ccccc3[nH]2)cc(-c2cccc3c2sc2ccccc23)c1. The average molecular weight is 376 g/mol. The van der Waals surface area contributed by atoms with Gasteiger partial charge in [-0.3, -0.25) is 0 Å². The van der Waals surface area contributed by atoms with Crippen LogP contribution in [0.3, 0.4) is 0 Å². The Morgan fingerprint density at radius 2 is 1.46 bits per heavy atom. The number of rotatable bonds is 2. The number of benzene rings is 4. The van der Waals surface area contributed by atoms with Crippen molar-refractivity contribution in [3.8, 4) is 22.5 Å². The van der Waals surface area contributed by atoms with Gasteiger partial charge in [0, 0.05) is 25.7 Å². The molecular formula is C25H16N2S. The molecule has 2 nitrogen and oxygen atoms in total. The number of nitrogens with one attached hydrogen (secondary N) is 1. The summed E-state index contributed by atoms with van der Waals surface area (Å²) in [5.41, 5.74) is 5.66. The number of aromatic amines is 1. The molecule has 0 aliphatic carbocycles. The summed E-state index contributed by atoms with van der Waals surface area (Å²) < 4.78 is 2.67. The van der Waals surface area contributed by atoms with Crippen LogP contribution in [0, 0.1) is 0 Å². The van der Waals surface area contributed by atoms with Crippen molar-refractivity contribution in [3.63, 3.8) is 0 Å². The number of hydrogen-bond donors (Lipinski definition) is 1. The number of fused-ring (bicyclic) bond motifs is 4. The number of imidazole rings is 1. The fraction of sp³-hybridized carbons (Fsp3) is 0. The van der Waals surface area contributed by atoms with E-state index in [0.717, 1.165) is 22.4 Å². The van der Waals surface area contributed by atoms with E-state index in [0.29, 0.717) is 0 Å². The lowest BCUT2D eigenvalue weighted by molar-refractivity contribution is 1.34. The van der Waals surface area contributed by atoms with Gasteiger partial charge in [0.2, 0.25) is 0 Å². The summed E-state index contributed by atoms with van der Waals surface area (Å²) in [6.07, 6.45) is 0. The molecule has 0 fully saturated rings. The third kappa shape index (κ3) is 2.37. The number of nitrogens with zero attached hydrogens (tertiary/aromatic N) is 1. The molecule has 2 heterocycles. The molecule has 4 aromatic carbocycles. The summed E-state index contributed by atoms with van der Waals surface area (Å²) in [6.45, 7) is 0. The Kier molecular flexibility index (Phi) is 3.37. The summed E-state index contributed by atoms with van der Waals surface area (Å²) in [7, 11) is 0. The van der Waals surface area contributed by atoms with Crippen LogP contribution in [-0.2, 0) is 0 Å². The predicted molar refractivity (Wildman–Crippen MR) is 120 cm³/mol. The normalized spacial score (nSPS) is 11.6. The van der Waals surface area contributed by atoms with E-state index in [9.17, 15) is 0 Å². The van der Waals surface area contributed by atoms with Gasteiger partial charge in [0.1, 0.15) is 5.82 Å². The van der Waals surface area contributed by atoms with Crippen molar-refractivity contribution in [2.24, 2.45) is 0 Å². The van der Waals surface area contributed by atoms with Gasteiger partial charge in [0.15, 0.2) is 0 Å². The monoisotopic (exact) mass is 376 g/mol. The Morgan fingerprint density at radius 1 is 0.679 bits per heavy atom. The van der Waals surface area contributed by atoms with E-state index in [-0.39, 0.29) is 0 Å². The lowest BCUT2D eigenvalue weighted by Crippen LogP contribution is -1.83. The van der Waals surface area contributed by atoms with Crippen LogP contribution in [0.15, 0.2) is 91.0 Å². The number of para-hydroxylation sites is 2. The second-order valence-electron chi connectivity index (χ2n) is 6.96. The largest absolute Gasteiger partial charge is 0.338 e. The molecule has 6 rings (SSSR count). The van der Waals surface area contributed by atoms with Gasteiger partial charge < -0.3 is 4.98 Å². The van der Waals surface area contributed by atoms with Crippen molar-refractivity contribution >= 4 is 42.5 Å². The Balaban J connectivity index is 1.55. The molecule has 0 amide bonds. The Labute approximate surface area is 166 Å². The Hall–Kier alpha value is -3.43. The zero-order valence-corrected chi connectivity index (χ0v) is 15.8. The lowest BCUT2D eigenvalue weighted by Gasteiger charge is -2.06. The highest BCUT2D eigenvalue weighted by Gasteiger charge is 2.11. The van der Waals surface area contributed by atoms with Crippen LogP contribution in [0.25, 0.3) is 53.7 Å². The molecular weight excluding hydrogens is 360 g/mol. The minimum absolute atomic E-state index is 0.909. The maximum atomic E-state index is 4.76. The number of hydrogen-bond acceptors (Lipinski definition) is 2. The standard InChI is InChI=1S/C25H16N2S/c1-4-14-23-19(9-1)20-11-6-10-18(24(20)28-23)16-7-5-8-17(15-16)25-26-21-12-2-3-13-22(21)27-25/h1-15H,(H,26,27). The molecule has 1 N–H and O–H groups in total. The lowest BCUT2D eigenvalue weighted by atomic mass is 10.0. The van der Waals surface area contributed by atoms with Crippen molar-refractivity contribution < 1.29 is 0 Å². The molecule has 0 saturated carbocycles. The highest BCUT2D eigenvalue weighted by atomic mass is 32.1. The van der Waals surface area contributed by atoms with Crippen molar-refractivity contribution in [1.29, 1.82) is 0 Å². The van der Waals surface area contributed by atoms with Gasteiger partial charge in [-0.25, -0.2) is 4.98 Å². The first kappa shape index (κ1) is 15.6. The number of H-pyrrole nitrogens is 1. The van der Waals surface area contributed by atoms with Gasteiger partial charge in [-0.2, -0.15) is 0 Å². The third-order valence-corrected chi connectivity index (χ3v) is 6.46. The van der Waals surface area contributed by atoms with E-state index in [1.807, 2.05) is 29.5 Å². The van der Waals surface area contributed by atoms with E-state index >= 15 is 0 Å². The molecule has 0 atom stereocenters. The molecule has 0 bridgehead atoms. The smallest absolute Gasteiger partial charge is 0.138 e. The first-order valence-corrected chi connectivity index (χ1v) is 10.1. The van der Waals surface area contributed by atoms with Gasteiger partial charge in [-0.15, -0.1) is 11.3 Å². The maximum Gasteiger partial charge on any atom is 0.138 e. The summed E-state index contributed by atoms with van der Waals surface area (Å²) in [4.78, 5) is 8.20. The number of aromatic nitrogens is 2. The van der Waals surface area contributed by atoms with Crippen molar-refractivity contribution in [2.75, 3.05) is 0 Å². The zero-order valence-electron chi connectivity index (χ0n) is 15.0. The van der Waals surface area contributed by atoms with Gasteiger partial charge in [-0.1, -0.05) is 66.7 Å². The summed E-state index contributed by atoms with van der Waals surface area (Å²) in [5.74, 6) is 0.909. The second-order valence-corrected chi connectivity index (χ2v) is 8.02. The van der Waals surface area contributed by atoms with Crippen LogP contribution < -0.4 is 0 Å². The molecule has 2 aromatic heterocycles. The van der Waals surface area contributed by atoms with Gasteiger partial charge >= 0.3 is 0 Å². The van der Waals surface area contributed by atoms with E-state index in [1.54, 1.807) is 0 Å². The highest BCUT2D eigenvalue weighted by molar-refractivity contribution is 7.26. The van der Waals surface area contributed by atoms with Crippen LogP contribution in [0.1, 0.15) is 0 Å². The minimum Gasteiger partial charge on any atom is -0.338 e. The van der Waals surface area contributed by atoms with Crippen LogP contribution in [0.4, 0.5) is 0 Å². The molecule has 0 saturated heterocycles. The topological polar surface area (TPSA) is 28.7 Å². The molecule has 0 aliphatic heterocycles. The van der Waals surface area contributed by atoms with Gasteiger partial charge in [0.05, 0.1) is 11.0 Å². The highest BCUT2D eigenvalue weighted by Crippen LogP contribution is 2.40. The van der Waals surface area contributed by atoms with E-state index in [1.165, 1.54) is 31.3 Å². The van der Waals surface area contributed by atoms with Crippen LogP contribution in [0.5, 0.6) is 0 Å². The molecule has 0 unspecified atom stereocenters. The summed E-state index contributed by atoms with van der Waals surface area (Å²) >= 11 is 1.87. The molecule has 28 heavy (non-hydrogen) atoms. The van der Waals surface area contributed by atoms with Crippen LogP contribution >= 0.6 is 11.3 Å². The molecule has 0 aliphatic rings. The minimum atomic E-state index is 0.909. The first-order chi connectivity index (χ1) is 13.9.